The molecule has 142 valence electrons. The van der Waals surface area contributed by atoms with Crippen LogP contribution in [0.15, 0.2) is 53.4 Å². The normalized spacial score (nSPS) is 14.6. The van der Waals surface area contributed by atoms with Crippen molar-refractivity contribution in [2.45, 2.75) is 31.1 Å². The molecule has 1 heterocycles. The van der Waals surface area contributed by atoms with Gasteiger partial charge < -0.3 is 4.90 Å². The Bertz CT molecular complexity index is 929. The lowest BCUT2D eigenvalue weighted by molar-refractivity contribution is 0.0724. The molecule has 0 radical (unpaired) electrons. The minimum atomic E-state index is -3.77. The highest BCUT2D eigenvalue weighted by atomic mass is 32.2. The maximum absolute atomic E-state index is 12.5. The summed E-state index contributed by atoms with van der Waals surface area (Å²) in [7, 11) is -3.77. The zero-order valence-electron chi connectivity index (χ0n) is 15.1. The SMILES string of the molecule is CC(=O)c1ccc(NS(=O)(=O)c2ccc(C(=O)N3CCCCC3)cc2)cc1. The number of rotatable bonds is 5. The third kappa shape index (κ3) is 4.54. The quantitative estimate of drug-likeness (QED) is 0.799. The maximum atomic E-state index is 12.5. The van der Waals surface area contributed by atoms with Crippen molar-refractivity contribution in [3.05, 3.63) is 59.7 Å². The number of Topliss-reactive ketones (excluding diaryl/α,β-unsaturated/α-hetero) is 1. The Labute approximate surface area is 159 Å². The van der Waals surface area contributed by atoms with Crippen LogP contribution >= 0.6 is 0 Å². The van der Waals surface area contributed by atoms with Crippen LogP contribution in [0.5, 0.6) is 0 Å². The molecule has 1 fully saturated rings. The summed E-state index contributed by atoms with van der Waals surface area (Å²) in [6.07, 6.45) is 3.15. The minimum Gasteiger partial charge on any atom is -0.339 e. The van der Waals surface area contributed by atoms with E-state index in [2.05, 4.69) is 4.72 Å². The van der Waals surface area contributed by atoms with E-state index in [0.717, 1.165) is 32.4 Å². The smallest absolute Gasteiger partial charge is 0.261 e. The van der Waals surface area contributed by atoms with Crippen LogP contribution in [0.2, 0.25) is 0 Å². The molecule has 6 nitrogen and oxygen atoms in total. The standard InChI is InChI=1S/C20H22N2O4S/c1-15(23)16-5-9-18(10-6-16)21-27(25,26)19-11-7-17(8-12-19)20(24)22-13-3-2-4-14-22/h5-12,21H,2-4,13-14H2,1H3. The molecule has 1 amide bonds. The second-order valence-electron chi connectivity index (χ2n) is 6.62. The lowest BCUT2D eigenvalue weighted by atomic mass is 10.1. The first kappa shape index (κ1) is 19.1. The van der Waals surface area contributed by atoms with Gasteiger partial charge in [-0.3, -0.25) is 14.3 Å². The lowest BCUT2D eigenvalue weighted by Crippen LogP contribution is -2.35. The van der Waals surface area contributed by atoms with E-state index < -0.39 is 10.0 Å². The van der Waals surface area contributed by atoms with Crippen LogP contribution in [-0.2, 0) is 10.0 Å². The van der Waals surface area contributed by atoms with Crippen molar-refractivity contribution in [2.24, 2.45) is 0 Å². The molecule has 2 aromatic carbocycles. The lowest BCUT2D eigenvalue weighted by Gasteiger charge is -2.26. The van der Waals surface area contributed by atoms with Crippen molar-refractivity contribution in [3.63, 3.8) is 0 Å². The molecule has 0 atom stereocenters. The predicted octanol–water partition coefficient (Wildman–Crippen LogP) is 3.32. The van der Waals surface area contributed by atoms with Gasteiger partial charge in [-0.15, -0.1) is 0 Å². The molecule has 27 heavy (non-hydrogen) atoms. The number of carbonyl (C=O) groups excluding carboxylic acids is 2. The Kier molecular flexibility index (Phi) is 5.60. The molecule has 1 N–H and O–H groups in total. The molecule has 0 unspecified atom stereocenters. The molecule has 0 bridgehead atoms. The first-order valence-corrected chi connectivity index (χ1v) is 10.4. The highest BCUT2D eigenvalue weighted by Gasteiger charge is 2.20. The Morgan fingerprint density at radius 2 is 1.41 bits per heavy atom. The molecule has 1 aliphatic heterocycles. The highest BCUT2D eigenvalue weighted by molar-refractivity contribution is 7.92. The zero-order valence-corrected chi connectivity index (χ0v) is 16.0. The number of nitrogens with zero attached hydrogens (tertiary/aromatic N) is 1. The number of ketones is 1. The number of anilines is 1. The summed E-state index contributed by atoms with van der Waals surface area (Å²) < 4.78 is 27.5. The van der Waals surface area contributed by atoms with Gasteiger partial charge in [0, 0.05) is 29.9 Å². The fourth-order valence-corrected chi connectivity index (χ4v) is 4.10. The van der Waals surface area contributed by atoms with Gasteiger partial charge in [0.15, 0.2) is 5.78 Å². The van der Waals surface area contributed by atoms with Crippen LogP contribution in [0, 0.1) is 0 Å². The summed E-state index contributed by atoms with van der Waals surface area (Å²) in [5.41, 5.74) is 1.37. The van der Waals surface area contributed by atoms with Gasteiger partial charge in [0.1, 0.15) is 0 Å². The molecular formula is C20H22N2O4S. The van der Waals surface area contributed by atoms with E-state index in [4.69, 9.17) is 0 Å². The van der Waals surface area contributed by atoms with Gasteiger partial charge in [-0.2, -0.15) is 0 Å². The van der Waals surface area contributed by atoms with Gasteiger partial charge in [0.05, 0.1) is 4.90 Å². The summed E-state index contributed by atoms with van der Waals surface area (Å²) >= 11 is 0. The first-order chi connectivity index (χ1) is 12.9. The van der Waals surface area contributed by atoms with Gasteiger partial charge in [0.25, 0.3) is 15.9 Å². The number of hydrogen-bond acceptors (Lipinski definition) is 4. The average molecular weight is 386 g/mol. The van der Waals surface area contributed by atoms with E-state index >= 15 is 0 Å². The van der Waals surface area contributed by atoms with Crippen LogP contribution < -0.4 is 4.72 Å². The van der Waals surface area contributed by atoms with Crippen molar-refractivity contribution < 1.29 is 18.0 Å². The topological polar surface area (TPSA) is 83.5 Å². The minimum absolute atomic E-state index is 0.0635. The summed E-state index contributed by atoms with van der Waals surface area (Å²) in [5, 5.41) is 0. The molecule has 0 spiro atoms. The van der Waals surface area contributed by atoms with Crippen LogP contribution in [0.4, 0.5) is 5.69 Å². The number of nitrogens with one attached hydrogen (secondary N) is 1. The summed E-state index contributed by atoms with van der Waals surface area (Å²) in [5.74, 6) is -0.148. The average Bonchev–Trinajstić information content (AvgIpc) is 2.68. The number of carbonyl (C=O) groups is 2. The Morgan fingerprint density at radius 3 is 1.96 bits per heavy atom. The fourth-order valence-electron chi connectivity index (χ4n) is 3.04. The van der Waals surface area contributed by atoms with E-state index in [1.54, 1.807) is 36.4 Å². The van der Waals surface area contributed by atoms with Gasteiger partial charge >= 0.3 is 0 Å². The number of hydrogen-bond donors (Lipinski definition) is 1. The summed E-state index contributed by atoms with van der Waals surface area (Å²) in [6, 6.07) is 12.2. The maximum Gasteiger partial charge on any atom is 0.261 e. The van der Waals surface area contributed by atoms with E-state index in [0.29, 0.717) is 16.8 Å². The first-order valence-electron chi connectivity index (χ1n) is 8.90. The Balaban J connectivity index is 1.73. The van der Waals surface area contributed by atoms with E-state index in [1.807, 2.05) is 4.90 Å². The third-order valence-corrected chi connectivity index (χ3v) is 6.00. The van der Waals surface area contributed by atoms with Crippen LogP contribution in [0.3, 0.4) is 0 Å². The number of sulfonamides is 1. The largest absolute Gasteiger partial charge is 0.339 e. The third-order valence-electron chi connectivity index (χ3n) is 4.60. The zero-order chi connectivity index (χ0) is 19.4. The van der Waals surface area contributed by atoms with Gasteiger partial charge in [-0.05, 0) is 74.7 Å². The number of likely N-dealkylation sites (tertiary alicyclic amines) is 1. The number of benzene rings is 2. The molecule has 1 saturated heterocycles. The van der Waals surface area contributed by atoms with Gasteiger partial charge in [0.2, 0.25) is 0 Å². The van der Waals surface area contributed by atoms with Crippen molar-refractivity contribution in [1.82, 2.24) is 4.90 Å². The number of piperidine rings is 1. The molecule has 1 aliphatic rings. The molecule has 0 saturated carbocycles. The Hall–Kier alpha value is -2.67. The fraction of sp³-hybridized carbons (Fsp3) is 0.300. The van der Waals surface area contributed by atoms with Crippen LogP contribution in [-0.4, -0.2) is 38.1 Å². The van der Waals surface area contributed by atoms with Gasteiger partial charge in [-0.25, -0.2) is 8.42 Å². The summed E-state index contributed by atoms with van der Waals surface area (Å²) in [4.78, 5) is 25.7. The molecule has 2 aromatic rings. The highest BCUT2D eigenvalue weighted by Crippen LogP contribution is 2.19. The molecule has 0 aromatic heterocycles. The van der Waals surface area contributed by atoms with Crippen molar-refractivity contribution in [3.8, 4) is 0 Å². The second-order valence-corrected chi connectivity index (χ2v) is 8.30. The molecule has 3 rings (SSSR count). The van der Waals surface area contributed by atoms with Crippen molar-refractivity contribution in [2.75, 3.05) is 17.8 Å². The molecular weight excluding hydrogens is 364 g/mol. The van der Waals surface area contributed by atoms with Crippen molar-refractivity contribution in [1.29, 1.82) is 0 Å². The van der Waals surface area contributed by atoms with Crippen molar-refractivity contribution >= 4 is 27.4 Å². The van der Waals surface area contributed by atoms with Crippen LogP contribution in [0.1, 0.15) is 46.9 Å². The van der Waals surface area contributed by atoms with E-state index in [9.17, 15) is 18.0 Å². The predicted molar refractivity (Wildman–Crippen MR) is 103 cm³/mol. The van der Waals surface area contributed by atoms with E-state index in [1.165, 1.54) is 19.1 Å². The van der Waals surface area contributed by atoms with Crippen LogP contribution in [0.25, 0.3) is 0 Å². The number of amides is 1. The van der Waals surface area contributed by atoms with Gasteiger partial charge in [-0.1, -0.05) is 0 Å². The molecule has 0 aliphatic carbocycles. The summed E-state index contributed by atoms with van der Waals surface area (Å²) in [6.45, 7) is 2.94. The Morgan fingerprint density at radius 1 is 0.852 bits per heavy atom. The van der Waals surface area contributed by atoms with E-state index in [-0.39, 0.29) is 16.6 Å². The second kappa shape index (κ2) is 7.92. The molecule has 7 heteroatoms. The monoisotopic (exact) mass is 386 g/mol.